The molecule has 0 unspecified atom stereocenters. The minimum Gasteiger partial charge on any atom is -0.449 e. The van der Waals surface area contributed by atoms with E-state index in [1.807, 2.05) is 27.7 Å². The predicted molar refractivity (Wildman–Crippen MR) is 94.8 cm³/mol. The zero-order valence-corrected chi connectivity index (χ0v) is 16.4. The molecule has 25 heavy (non-hydrogen) atoms. The summed E-state index contributed by atoms with van der Waals surface area (Å²) in [6.07, 6.45) is -1.05. The third-order valence-corrected chi connectivity index (χ3v) is 4.73. The summed E-state index contributed by atoms with van der Waals surface area (Å²) >= 11 is 5.94. The highest BCUT2D eigenvalue weighted by molar-refractivity contribution is 7.89. The number of ether oxygens (including phenoxy) is 1. The van der Waals surface area contributed by atoms with Crippen LogP contribution in [0.4, 0.5) is 0 Å². The third kappa shape index (κ3) is 5.42. The number of rotatable bonds is 6. The molecule has 1 aromatic rings. The van der Waals surface area contributed by atoms with Crippen molar-refractivity contribution in [3.05, 3.63) is 28.8 Å². The molecule has 1 atom stereocenters. The Morgan fingerprint density at radius 1 is 1.12 bits per heavy atom. The number of carbonyl (C=O) groups is 2. The fourth-order valence-electron chi connectivity index (χ4n) is 2.43. The van der Waals surface area contributed by atoms with Crippen LogP contribution in [0.15, 0.2) is 23.1 Å². The van der Waals surface area contributed by atoms with Crippen molar-refractivity contribution in [1.29, 1.82) is 0 Å². The Morgan fingerprint density at radius 2 is 1.64 bits per heavy atom. The fourth-order valence-corrected chi connectivity index (χ4v) is 3.16. The lowest BCUT2D eigenvalue weighted by atomic mass is 10.2. The van der Waals surface area contributed by atoms with Crippen molar-refractivity contribution in [3.8, 4) is 0 Å². The van der Waals surface area contributed by atoms with Crippen LogP contribution < -0.4 is 5.14 Å². The van der Waals surface area contributed by atoms with Crippen molar-refractivity contribution in [2.45, 2.75) is 57.7 Å². The molecule has 1 amide bonds. The van der Waals surface area contributed by atoms with Crippen LogP contribution in [-0.4, -0.2) is 43.4 Å². The maximum atomic E-state index is 12.5. The van der Waals surface area contributed by atoms with E-state index in [1.54, 1.807) is 4.90 Å². The van der Waals surface area contributed by atoms with Gasteiger partial charge in [0.25, 0.3) is 5.91 Å². The van der Waals surface area contributed by atoms with Gasteiger partial charge in [0.15, 0.2) is 6.10 Å². The number of hydrogen-bond acceptors (Lipinski definition) is 5. The lowest BCUT2D eigenvalue weighted by Crippen LogP contribution is -2.47. The van der Waals surface area contributed by atoms with Gasteiger partial charge in [0.1, 0.15) is 0 Å². The van der Waals surface area contributed by atoms with E-state index >= 15 is 0 Å². The summed E-state index contributed by atoms with van der Waals surface area (Å²) in [6, 6.07) is 3.31. The molecule has 140 valence electrons. The minimum atomic E-state index is -4.00. The van der Waals surface area contributed by atoms with Gasteiger partial charge in [-0.2, -0.15) is 0 Å². The van der Waals surface area contributed by atoms with Crippen molar-refractivity contribution in [1.82, 2.24) is 4.90 Å². The number of hydrogen-bond donors (Lipinski definition) is 1. The molecular weight excluding hydrogens is 368 g/mol. The monoisotopic (exact) mass is 390 g/mol. The average Bonchev–Trinajstić information content (AvgIpc) is 2.45. The van der Waals surface area contributed by atoms with E-state index in [4.69, 9.17) is 21.5 Å². The van der Waals surface area contributed by atoms with E-state index in [-0.39, 0.29) is 33.5 Å². The highest BCUT2D eigenvalue weighted by atomic mass is 35.5. The van der Waals surface area contributed by atoms with Crippen LogP contribution in [0.2, 0.25) is 5.02 Å². The van der Waals surface area contributed by atoms with Gasteiger partial charge >= 0.3 is 5.97 Å². The number of benzene rings is 1. The van der Waals surface area contributed by atoms with Crippen molar-refractivity contribution in [2.24, 2.45) is 5.14 Å². The third-order valence-electron chi connectivity index (χ3n) is 3.49. The van der Waals surface area contributed by atoms with Crippen LogP contribution in [0, 0.1) is 0 Å². The number of amides is 1. The minimum absolute atomic E-state index is 0.00150. The van der Waals surface area contributed by atoms with Crippen LogP contribution in [-0.2, 0) is 19.6 Å². The summed E-state index contributed by atoms with van der Waals surface area (Å²) in [5, 5.41) is 5.05. The number of carbonyl (C=O) groups excluding carboxylic acids is 2. The van der Waals surface area contributed by atoms with Crippen molar-refractivity contribution < 1.29 is 22.7 Å². The quantitative estimate of drug-likeness (QED) is 0.749. The molecular formula is C16H23ClN2O5S. The van der Waals surface area contributed by atoms with E-state index in [0.717, 1.165) is 6.07 Å². The van der Waals surface area contributed by atoms with E-state index in [9.17, 15) is 18.0 Å². The molecule has 1 rings (SSSR count). The van der Waals surface area contributed by atoms with Crippen LogP contribution in [0.25, 0.3) is 0 Å². The molecule has 0 spiro atoms. The van der Waals surface area contributed by atoms with Crippen molar-refractivity contribution in [2.75, 3.05) is 0 Å². The molecule has 7 nitrogen and oxygen atoms in total. The predicted octanol–water partition coefficient (Wildman–Crippen LogP) is 2.18. The molecule has 1 aromatic carbocycles. The van der Waals surface area contributed by atoms with E-state index in [0.29, 0.717) is 0 Å². The van der Waals surface area contributed by atoms with Gasteiger partial charge in [0.05, 0.1) is 15.5 Å². The van der Waals surface area contributed by atoms with Crippen LogP contribution >= 0.6 is 11.6 Å². The standard InChI is InChI=1S/C16H23ClN2O5S/c1-9(2)19(10(3)4)15(20)11(5)24-16(21)13-8-12(25(18,22)23)6-7-14(13)17/h6-11H,1-5H3,(H2,18,22,23)/t11-/m1/s1. The number of nitrogens with zero attached hydrogens (tertiary/aromatic N) is 1. The summed E-state index contributed by atoms with van der Waals surface area (Å²) in [5.41, 5.74) is -0.173. The molecule has 0 aliphatic rings. The lowest BCUT2D eigenvalue weighted by Gasteiger charge is -2.32. The van der Waals surface area contributed by atoms with Gasteiger partial charge in [-0.1, -0.05) is 11.6 Å². The Kier molecular flexibility index (Phi) is 6.99. The summed E-state index contributed by atoms with van der Waals surface area (Å²) in [7, 11) is -4.00. The van der Waals surface area contributed by atoms with Crippen LogP contribution in [0.3, 0.4) is 0 Å². The van der Waals surface area contributed by atoms with E-state index < -0.39 is 22.1 Å². The maximum Gasteiger partial charge on any atom is 0.340 e. The Balaban J connectivity index is 3.04. The van der Waals surface area contributed by atoms with Gasteiger partial charge in [0.2, 0.25) is 10.0 Å². The summed E-state index contributed by atoms with van der Waals surface area (Å²) < 4.78 is 28.0. The van der Waals surface area contributed by atoms with Gasteiger partial charge in [0, 0.05) is 12.1 Å². The molecule has 0 aliphatic heterocycles. The molecule has 0 aliphatic carbocycles. The number of primary sulfonamides is 1. The largest absolute Gasteiger partial charge is 0.449 e. The second-order valence-electron chi connectivity index (χ2n) is 6.17. The normalized spacial score (nSPS) is 13.0. The van der Waals surface area contributed by atoms with E-state index in [1.165, 1.54) is 19.1 Å². The summed E-state index contributed by atoms with van der Waals surface area (Å²) in [6.45, 7) is 8.89. The van der Waals surface area contributed by atoms with Gasteiger partial charge in [-0.25, -0.2) is 18.4 Å². The first-order valence-corrected chi connectivity index (χ1v) is 9.64. The number of sulfonamides is 1. The van der Waals surface area contributed by atoms with Crippen LogP contribution in [0.1, 0.15) is 45.0 Å². The second kappa shape index (κ2) is 8.16. The Bertz CT molecular complexity index is 754. The smallest absolute Gasteiger partial charge is 0.340 e. The highest BCUT2D eigenvalue weighted by Gasteiger charge is 2.28. The molecule has 0 fully saturated rings. The molecule has 0 saturated heterocycles. The number of esters is 1. The first kappa shape index (κ1) is 21.4. The average molecular weight is 391 g/mol. The lowest BCUT2D eigenvalue weighted by molar-refractivity contribution is -0.143. The number of nitrogens with two attached hydrogens (primary N) is 1. The van der Waals surface area contributed by atoms with Crippen molar-refractivity contribution >= 4 is 33.5 Å². The van der Waals surface area contributed by atoms with Crippen LogP contribution in [0.5, 0.6) is 0 Å². The molecule has 0 aromatic heterocycles. The molecule has 0 heterocycles. The molecule has 0 radical (unpaired) electrons. The topological polar surface area (TPSA) is 107 Å². The first-order chi connectivity index (χ1) is 11.4. The SMILES string of the molecule is CC(C)N(C(=O)[C@@H](C)OC(=O)c1cc(S(N)(=O)=O)ccc1Cl)C(C)C. The van der Waals surface area contributed by atoms with Gasteiger partial charge < -0.3 is 9.64 Å². The Labute approximate surface area is 153 Å². The summed E-state index contributed by atoms with van der Waals surface area (Å²) in [4.78, 5) is 26.1. The maximum absolute atomic E-state index is 12.5. The summed E-state index contributed by atoms with van der Waals surface area (Å²) in [5.74, 6) is -1.25. The van der Waals surface area contributed by atoms with Gasteiger partial charge in [-0.15, -0.1) is 0 Å². The zero-order chi connectivity index (χ0) is 19.5. The first-order valence-electron chi connectivity index (χ1n) is 7.71. The Morgan fingerprint density at radius 3 is 2.08 bits per heavy atom. The highest BCUT2D eigenvalue weighted by Crippen LogP contribution is 2.21. The van der Waals surface area contributed by atoms with E-state index in [2.05, 4.69) is 0 Å². The molecule has 2 N–H and O–H groups in total. The number of halogens is 1. The van der Waals surface area contributed by atoms with Crippen molar-refractivity contribution in [3.63, 3.8) is 0 Å². The zero-order valence-electron chi connectivity index (χ0n) is 14.8. The molecule has 9 heteroatoms. The van der Waals surface area contributed by atoms with Gasteiger partial charge in [-0.3, -0.25) is 4.79 Å². The second-order valence-corrected chi connectivity index (χ2v) is 8.14. The molecule has 0 bridgehead atoms. The Hall–Kier alpha value is -1.64. The van der Waals surface area contributed by atoms with Gasteiger partial charge in [-0.05, 0) is 52.8 Å². The fraction of sp³-hybridized carbons (Fsp3) is 0.500. The molecule has 0 saturated carbocycles.